The van der Waals surface area contributed by atoms with E-state index in [2.05, 4.69) is 4.98 Å². The first kappa shape index (κ1) is 16.0. The molecule has 0 aliphatic rings. The number of aryl methyl sites for hydroxylation is 1. The number of benzene rings is 2. The molecule has 4 rings (SSSR count). The van der Waals surface area contributed by atoms with Crippen molar-refractivity contribution in [3.63, 3.8) is 0 Å². The number of pyridine rings is 2. The summed E-state index contributed by atoms with van der Waals surface area (Å²) in [5, 5.41) is 0. The van der Waals surface area contributed by atoms with Crippen LogP contribution in [0.3, 0.4) is 0 Å². The van der Waals surface area contributed by atoms with E-state index in [9.17, 15) is 4.79 Å². The monoisotopic (exact) mass is 338 g/mol. The van der Waals surface area contributed by atoms with Crippen LogP contribution >= 0.6 is 0 Å². The van der Waals surface area contributed by atoms with E-state index < -0.39 is 0 Å². The zero-order valence-corrected chi connectivity index (χ0v) is 14.5. The van der Waals surface area contributed by atoms with Crippen molar-refractivity contribution < 1.29 is 0 Å². The Balaban J connectivity index is 1.99. The number of hydrogen-bond donors (Lipinski definition) is 0. The quantitative estimate of drug-likeness (QED) is 0.534. The van der Waals surface area contributed by atoms with E-state index in [0.717, 1.165) is 28.1 Å². The summed E-state index contributed by atoms with van der Waals surface area (Å²) in [6.45, 7) is 2.04. The summed E-state index contributed by atoms with van der Waals surface area (Å²) in [5.74, 6) is 0. The van der Waals surface area contributed by atoms with Crippen LogP contribution in [0, 0.1) is 6.92 Å². The lowest BCUT2D eigenvalue weighted by atomic mass is 10.0. The summed E-state index contributed by atoms with van der Waals surface area (Å²) in [7, 11) is 0. The maximum Gasteiger partial charge on any atom is 0.262 e. The number of hydrogen-bond acceptors (Lipinski definition) is 2. The molecule has 0 aliphatic heterocycles. The minimum atomic E-state index is -0.0419. The Kier molecular flexibility index (Phi) is 4.20. The summed E-state index contributed by atoms with van der Waals surface area (Å²) in [4.78, 5) is 17.6. The fourth-order valence-corrected chi connectivity index (χ4v) is 2.98. The Morgan fingerprint density at radius 1 is 0.808 bits per heavy atom. The lowest BCUT2D eigenvalue weighted by Crippen LogP contribution is -2.20. The molecular weight excluding hydrogens is 320 g/mol. The van der Waals surface area contributed by atoms with Crippen molar-refractivity contribution in [3.8, 4) is 28.1 Å². The normalized spacial score (nSPS) is 10.7. The van der Waals surface area contributed by atoms with Crippen LogP contribution in [-0.4, -0.2) is 9.55 Å². The maximum atomic E-state index is 13.2. The van der Waals surface area contributed by atoms with Gasteiger partial charge >= 0.3 is 0 Å². The maximum absolute atomic E-state index is 13.2. The molecule has 126 valence electrons. The Morgan fingerprint density at radius 3 is 2.23 bits per heavy atom. The lowest BCUT2D eigenvalue weighted by Gasteiger charge is -2.12. The largest absolute Gasteiger partial charge is 0.283 e. The smallest absolute Gasteiger partial charge is 0.262 e. The van der Waals surface area contributed by atoms with Crippen LogP contribution < -0.4 is 5.56 Å². The van der Waals surface area contributed by atoms with Gasteiger partial charge in [-0.15, -0.1) is 0 Å². The highest BCUT2D eigenvalue weighted by molar-refractivity contribution is 5.71. The van der Waals surface area contributed by atoms with Crippen molar-refractivity contribution in [2.24, 2.45) is 0 Å². The molecule has 0 saturated carbocycles. The molecule has 0 fully saturated rings. The van der Waals surface area contributed by atoms with Crippen molar-refractivity contribution >= 4 is 0 Å². The second-order valence-electron chi connectivity index (χ2n) is 6.23. The first-order valence-electron chi connectivity index (χ1n) is 8.53. The molecule has 0 saturated heterocycles. The van der Waals surface area contributed by atoms with Crippen molar-refractivity contribution in [2.75, 3.05) is 0 Å². The third-order valence-corrected chi connectivity index (χ3v) is 4.37. The van der Waals surface area contributed by atoms with E-state index in [1.807, 2.05) is 92.0 Å². The Labute approximate surface area is 152 Å². The number of rotatable bonds is 3. The predicted molar refractivity (Wildman–Crippen MR) is 105 cm³/mol. The first-order chi connectivity index (χ1) is 12.7. The second kappa shape index (κ2) is 6.81. The molecule has 3 nitrogen and oxygen atoms in total. The van der Waals surface area contributed by atoms with Gasteiger partial charge in [0, 0.05) is 29.2 Å². The summed E-state index contributed by atoms with van der Waals surface area (Å²) in [6, 6.07) is 25.4. The molecule has 0 atom stereocenters. The van der Waals surface area contributed by atoms with E-state index in [0.29, 0.717) is 5.56 Å². The zero-order valence-electron chi connectivity index (χ0n) is 14.5. The SMILES string of the molecule is Cc1ccc(-c2cc(-c3ccccn3)cn(-c3ccccc3)c2=O)cc1. The van der Waals surface area contributed by atoms with Gasteiger partial charge in [0.2, 0.25) is 0 Å². The van der Waals surface area contributed by atoms with Crippen LogP contribution in [0.4, 0.5) is 0 Å². The minimum absolute atomic E-state index is 0.0419. The average Bonchev–Trinajstić information content (AvgIpc) is 2.70. The third kappa shape index (κ3) is 3.07. The zero-order chi connectivity index (χ0) is 17.9. The molecule has 0 unspecified atom stereocenters. The molecule has 0 spiro atoms. The van der Waals surface area contributed by atoms with Crippen molar-refractivity contribution in [2.45, 2.75) is 6.92 Å². The highest BCUT2D eigenvalue weighted by Gasteiger charge is 2.12. The van der Waals surface area contributed by atoms with Gasteiger partial charge in [0.05, 0.1) is 5.69 Å². The topological polar surface area (TPSA) is 34.9 Å². The molecule has 26 heavy (non-hydrogen) atoms. The van der Waals surface area contributed by atoms with Gasteiger partial charge in [-0.3, -0.25) is 14.3 Å². The second-order valence-corrected chi connectivity index (χ2v) is 6.23. The Hall–Kier alpha value is -3.46. The molecule has 2 heterocycles. The van der Waals surface area contributed by atoms with E-state index in [1.165, 1.54) is 0 Å². The van der Waals surface area contributed by atoms with Gasteiger partial charge in [-0.05, 0) is 42.8 Å². The average molecular weight is 338 g/mol. The van der Waals surface area contributed by atoms with Gasteiger partial charge in [-0.25, -0.2) is 0 Å². The molecule has 4 aromatic rings. The lowest BCUT2D eigenvalue weighted by molar-refractivity contribution is 0.993. The van der Waals surface area contributed by atoms with Gasteiger partial charge in [0.25, 0.3) is 5.56 Å². The number of aromatic nitrogens is 2. The highest BCUT2D eigenvalue weighted by atomic mass is 16.1. The molecule has 2 aromatic heterocycles. The number of para-hydroxylation sites is 1. The van der Waals surface area contributed by atoms with Gasteiger partial charge < -0.3 is 0 Å². The van der Waals surface area contributed by atoms with Crippen LogP contribution in [0.1, 0.15) is 5.56 Å². The fraction of sp³-hybridized carbons (Fsp3) is 0.0435. The molecule has 0 bridgehead atoms. The molecule has 0 N–H and O–H groups in total. The minimum Gasteiger partial charge on any atom is -0.283 e. The van der Waals surface area contributed by atoms with Gasteiger partial charge in [-0.1, -0.05) is 54.1 Å². The standard InChI is InChI=1S/C23H18N2O/c1-17-10-12-18(13-11-17)21-15-19(22-9-5-6-14-24-22)16-25(23(21)26)20-7-3-2-4-8-20/h2-16H,1H3. The van der Waals surface area contributed by atoms with Crippen molar-refractivity contribution in [3.05, 3.63) is 107 Å². The first-order valence-corrected chi connectivity index (χ1v) is 8.53. The van der Waals surface area contributed by atoms with Crippen LogP contribution in [0.5, 0.6) is 0 Å². The summed E-state index contributed by atoms with van der Waals surface area (Å²) in [5.41, 5.74) is 5.27. The Morgan fingerprint density at radius 2 is 1.54 bits per heavy atom. The predicted octanol–water partition coefficient (Wildman–Crippen LogP) is 4.87. The molecule has 3 heteroatoms. The van der Waals surface area contributed by atoms with Crippen LogP contribution in [0.15, 0.2) is 96.1 Å². The van der Waals surface area contributed by atoms with E-state index in [1.54, 1.807) is 10.8 Å². The fourth-order valence-electron chi connectivity index (χ4n) is 2.98. The van der Waals surface area contributed by atoms with Gasteiger partial charge in [-0.2, -0.15) is 0 Å². The van der Waals surface area contributed by atoms with E-state index >= 15 is 0 Å². The van der Waals surface area contributed by atoms with Crippen molar-refractivity contribution in [1.29, 1.82) is 0 Å². The van der Waals surface area contributed by atoms with Crippen LogP contribution in [0.25, 0.3) is 28.1 Å². The molecular formula is C23H18N2O. The van der Waals surface area contributed by atoms with Crippen LogP contribution in [-0.2, 0) is 0 Å². The third-order valence-electron chi connectivity index (χ3n) is 4.37. The van der Waals surface area contributed by atoms with Gasteiger partial charge in [0.1, 0.15) is 0 Å². The summed E-state index contributed by atoms with van der Waals surface area (Å²) < 4.78 is 1.69. The summed E-state index contributed by atoms with van der Waals surface area (Å²) >= 11 is 0. The van der Waals surface area contributed by atoms with Crippen molar-refractivity contribution in [1.82, 2.24) is 9.55 Å². The van der Waals surface area contributed by atoms with Gasteiger partial charge in [0.15, 0.2) is 0 Å². The molecule has 0 aliphatic carbocycles. The highest BCUT2D eigenvalue weighted by Crippen LogP contribution is 2.24. The molecule has 2 aromatic carbocycles. The summed E-state index contributed by atoms with van der Waals surface area (Å²) in [6.07, 6.45) is 3.62. The van der Waals surface area contributed by atoms with E-state index in [4.69, 9.17) is 0 Å². The van der Waals surface area contributed by atoms with Crippen LogP contribution in [0.2, 0.25) is 0 Å². The molecule has 0 radical (unpaired) electrons. The number of nitrogens with zero attached hydrogens (tertiary/aromatic N) is 2. The van der Waals surface area contributed by atoms with E-state index in [-0.39, 0.29) is 5.56 Å². The molecule has 0 amide bonds. The Bertz CT molecular complexity index is 1080.